The summed E-state index contributed by atoms with van der Waals surface area (Å²) in [4.78, 5) is 30.2. The highest BCUT2D eigenvalue weighted by Crippen LogP contribution is 2.23. The summed E-state index contributed by atoms with van der Waals surface area (Å²) in [6.07, 6.45) is 1.91. The average Bonchev–Trinajstić information content (AvgIpc) is 3.40. The summed E-state index contributed by atoms with van der Waals surface area (Å²) in [6, 6.07) is 7.10. The SMILES string of the molecule is CCOC(=O)c1[nH]c(C)c(CN(CC2CCCO2)C(=O)COc2ccc(OC)cc2)c1C. The zero-order valence-corrected chi connectivity index (χ0v) is 19.2. The number of H-pyrrole nitrogens is 1. The van der Waals surface area contributed by atoms with Gasteiger partial charge in [-0.3, -0.25) is 4.79 Å². The largest absolute Gasteiger partial charge is 0.497 e. The Balaban J connectivity index is 1.73. The van der Waals surface area contributed by atoms with Gasteiger partial charge in [0.15, 0.2) is 6.61 Å². The third-order valence-corrected chi connectivity index (χ3v) is 5.64. The minimum atomic E-state index is -0.390. The van der Waals surface area contributed by atoms with Crippen molar-refractivity contribution >= 4 is 11.9 Å². The number of amides is 1. The van der Waals surface area contributed by atoms with E-state index < -0.39 is 0 Å². The van der Waals surface area contributed by atoms with E-state index >= 15 is 0 Å². The molecule has 1 unspecified atom stereocenters. The molecule has 1 aliphatic heterocycles. The van der Waals surface area contributed by atoms with Crippen molar-refractivity contribution in [2.24, 2.45) is 0 Å². The lowest BCUT2D eigenvalue weighted by Crippen LogP contribution is -2.39. The summed E-state index contributed by atoms with van der Waals surface area (Å²) in [5, 5.41) is 0. The van der Waals surface area contributed by atoms with E-state index in [0.717, 1.165) is 35.4 Å². The molecular weight excluding hydrogens is 412 g/mol. The Labute approximate surface area is 188 Å². The second kappa shape index (κ2) is 11.0. The van der Waals surface area contributed by atoms with Crippen LogP contribution in [0.3, 0.4) is 0 Å². The fourth-order valence-corrected chi connectivity index (χ4v) is 3.82. The first-order valence-electron chi connectivity index (χ1n) is 10.9. The molecule has 0 bridgehead atoms. The molecule has 0 saturated carbocycles. The van der Waals surface area contributed by atoms with Crippen molar-refractivity contribution in [3.8, 4) is 11.5 Å². The van der Waals surface area contributed by atoms with Crippen molar-refractivity contribution in [2.45, 2.75) is 46.3 Å². The Bertz CT molecular complexity index is 915. The first-order valence-corrected chi connectivity index (χ1v) is 10.9. The summed E-state index contributed by atoms with van der Waals surface area (Å²) in [5.41, 5.74) is 2.97. The second-order valence-electron chi connectivity index (χ2n) is 7.82. The number of ether oxygens (including phenoxy) is 4. The van der Waals surface area contributed by atoms with Crippen LogP contribution in [0, 0.1) is 13.8 Å². The van der Waals surface area contributed by atoms with Gasteiger partial charge < -0.3 is 28.8 Å². The number of carbonyl (C=O) groups is 2. The molecule has 32 heavy (non-hydrogen) atoms. The number of carbonyl (C=O) groups excluding carboxylic acids is 2. The number of hydrogen-bond donors (Lipinski definition) is 1. The number of esters is 1. The highest BCUT2D eigenvalue weighted by molar-refractivity contribution is 5.90. The lowest BCUT2D eigenvalue weighted by molar-refractivity contribution is -0.135. The van der Waals surface area contributed by atoms with Gasteiger partial charge in [-0.05, 0) is 69.0 Å². The molecule has 0 spiro atoms. The first-order chi connectivity index (χ1) is 15.4. The maximum absolute atomic E-state index is 13.1. The highest BCUT2D eigenvalue weighted by atomic mass is 16.5. The van der Waals surface area contributed by atoms with Gasteiger partial charge in [0.05, 0.1) is 19.8 Å². The summed E-state index contributed by atoms with van der Waals surface area (Å²) >= 11 is 0. The Kier molecular flexibility index (Phi) is 8.16. The molecule has 1 saturated heterocycles. The zero-order chi connectivity index (χ0) is 23.1. The molecule has 1 fully saturated rings. The molecule has 8 nitrogen and oxygen atoms in total. The van der Waals surface area contributed by atoms with E-state index in [1.54, 1.807) is 43.2 Å². The van der Waals surface area contributed by atoms with Crippen LogP contribution < -0.4 is 9.47 Å². The number of benzene rings is 1. The van der Waals surface area contributed by atoms with Crippen LogP contribution in [-0.2, 0) is 20.8 Å². The van der Waals surface area contributed by atoms with Gasteiger partial charge in [-0.15, -0.1) is 0 Å². The molecule has 1 aliphatic rings. The molecule has 174 valence electrons. The number of aryl methyl sites for hydroxylation is 1. The normalized spacial score (nSPS) is 15.4. The number of aromatic nitrogens is 1. The van der Waals surface area contributed by atoms with Crippen molar-refractivity contribution in [3.63, 3.8) is 0 Å². The Hall–Kier alpha value is -3.00. The van der Waals surface area contributed by atoms with Crippen LogP contribution in [-0.4, -0.2) is 61.3 Å². The van der Waals surface area contributed by atoms with Crippen LogP contribution in [0.1, 0.15) is 47.1 Å². The van der Waals surface area contributed by atoms with E-state index in [1.165, 1.54) is 0 Å². The lowest BCUT2D eigenvalue weighted by atomic mass is 10.1. The maximum Gasteiger partial charge on any atom is 0.355 e. The molecule has 3 rings (SSSR count). The second-order valence-corrected chi connectivity index (χ2v) is 7.82. The minimum Gasteiger partial charge on any atom is -0.497 e. The van der Waals surface area contributed by atoms with Crippen molar-refractivity contribution in [1.29, 1.82) is 0 Å². The molecular formula is C24H32N2O6. The Morgan fingerprint density at radius 2 is 1.91 bits per heavy atom. The van der Waals surface area contributed by atoms with Crippen LogP contribution in [0.2, 0.25) is 0 Å². The highest BCUT2D eigenvalue weighted by Gasteiger charge is 2.26. The van der Waals surface area contributed by atoms with Crippen molar-refractivity contribution < 1.29 is 28.5 Å². The molecule has 0 radical (unpaired) electrons. The summed E-state index contributed by atoms with van der Waals surface area (Å²) in [7, 11) is 1.60. The first kappa shape index (κ1) is 23.7. The third-order valence-electron chi connectivity index (χ3n) is 5.64. The van der Waals surface area contributed by atoms with Crippen LogP contribution in [0.15, 0.2) is 24.3 Å². The Morgan fingerprint density at radius 3 is 2.53 bits per heavy atom. The van der Waals surface area contributed by atoms with Gasteiger partial charge in [0.1, 0.15) is 17.2 Å². The van der Waals surface area contributed by atoms with Gasteiger partial charge >= 0.3 is 5.97 Å². The van der Waals surface area contributed by atoms with Crippen molar-refractivity contribution in [3.05, 3.63) is 46.8 Å². The molecule has 2 aromatic rings. The van der Waals surface area contributed by atoms with E-state index in [0.29, 0.717) is 37.7 Å². The lowest BCUT2D eigenvalue weighted by Gasteiger charge is -2.26. The monoisotopic (exact) mass is 444 g/mol. The van der Waals surface area contributed by atoms with Gasteiger partial charge in [-0.1, -0.05) is 0 Å². The molecule has 1 amide bonds. The van der Waals surface area contributed by atoms with E-state index in [2.05, 4.69) is 4.98 Å². The molecule has 1 aromatic carbocycles. The van der Waals surface area contributed by atoms with Crippen molar-refractivity contribution in [1.82, 2.24) is 9.88 Å². The van der Waals surface area contributed by atoms with Gasteiger partial charge in [0.25, 0.3) is 5.91 Å². The van der Waals surface area contributed by atoms with E-state index in [9.17, 15) is 9.59 Å². The summed E-state index contributed by atoms with van der Waals surface area (Å²) < 4.78 is 21.8. The zero-order valence-electron chi connectivity index (χ0n) is 19.2. The average molecular weight is 445 g/mol. The number of nitrogens with one attached hydrogen (secondary N) is 1. The van der Waals surface area contributed by atoms with Gasteiger partial charge in [-0.2, -0.15) is 0 Å². The van der Waals surface area contributed by atoms with E-state index in [1.807, 2.05) is 13.8 Å². The Morgan fingerprint density at radius 1 is 1.19 bits per heavy atom. The predicted molar refractivity (Wildman–Crippen MR) is 119 cm³/mol. The topological polar surface area (TPSA) is 90.1 Å². The number of methoxy groups -OCH3 is 1. The molecule has 1 N–H and O–H groups in total. The van der Waals surface area contributed by atoms with E-state index in [-0.39, 0.29) is 24.6 Å². The number of nitrogens with zero attached hydrogens (tertiary/aromatic N) is 1. The number of hydrogen-bond acceptors (Lipinski definition) is 6. The van der Waals surface area contributed by atoms with Gasteiger partial charge in [0, 0.05) is 25.4 Å². The maximum atomic E-state index is 13.1. The number of rotatable bonds is 10. The summed E-state index contributed by atoms with van der Waals surface area (Å²) in [5.74, 6) is 0.780. The molecule has 1 atom stereocenters. The predicted octanol–water partition coefficient (Wildman–Crippen LogP) is 3.40. The third kappa shape index (κ3) is 5.82. The van der Waals surface area contributed by atoms with Gasteiger partial charge in [-0.25, -0.2) is 4.79 Å². The fraction of sp³-hybridized carbons (Fsp3) is 0.500. The molecule has 0 aliphatic carbocycles. The van der Waals surface area contributed by atoms with Crippen LogP contribution >= 0.6 is 0 Å². The smallest absolute Gasteiger partial charge is 0.355 e. The van der Waals surface area contributed by atoms with Crippen molar-refractivity contribution in [2.75, 3.05) is 33.5 Å². The van der Waals surface area contributed by atoms with Crippen LogP contribution in [0.4, 0.5) is 0 Å². The summed E-state index contributed by atoms with van der Waals surface area (Å²) in [6.45, 7) is 7.30. The molecule has 8 heteroatoms. The quantitative estimate of drug-likeness (QED) is 0.565. The number of aromatic amines is 1. The fourth-order valence-electron chi connectivity index (χ4n) is 3.82. The van der Waals surface area contributed by atoms with Crippen LogP contribution in [0.5, 0.6) is 11.5 Å². The standard InChI is InChI=1S/C24H32N2O6/c1-5-30-24(28)23-16(2)21(17(3)25-23)14-26(13-20-7-6-12-31-20)22(27)15-32-19-10-8-18(29-4)9-11-19/h8-11,20,25H,5-7,12-15H2,1-4H3. The molecule has 1 aromatic heterocycles. The van der Waals surface area contributed by atoms with Gasteiger partial charge in [0.2, 0.25) is 0 Å². The minimum absolute atomic E-state index is 0.00372. The van der Waals surface area contributed by atoms with E-state index in [4.69, 9.17) is 18.9 Å². The van der Waals surface area contributed by atoms with Crippen LogP contribution in [0.25, 0.3) is 0 Å². The molecule has 2 heterocycles.